The first kappa shape index (κ1) is 19.0. The summed E-state index contributed by atoms with van der Waals surface area (Å²) in [5.74, 6) is 1.60. The number of ether oxygens (including phenoxy) is 2. The van der Waals surface area contributed by atoms with E-state index >= 15 is 0 Å². The molecule has 0 fully saturated rings. The van der Waals surface area contributed by atoms with Crippen LogP contribution in [0.5, 0.6) is 11.5 Å². The molecule has 148 valence electrons. The molecule has 0 amide bonds. The molecule has 3 N–H and O–H groups in total. The number of benzene rings is 2. The average molecular weight is 407 g/mol. The van der Waals surface area contributed by atoms with Gasteiger partial charge in [-0.1, -0.05) is 36.4 Å². The lowest BCUT2D eigenvalue weighted by Gasteiger charge is -2.26. The average Bonchev–Trinajstić information content (AvgIpc) is 2.73. The molecule has 29 heavy (non-hydrogen) atoms. The van der Waals surface area contributed by atoms with Crippen LogP contribution in [0.4, 0.5) is 5.82 Å². The SMILES string of the molecule is CCOc1ccc(C2C=C(c3ccccc3)Nc3[nH]c(=S)[nH]c(=O)c32)cc1OC. The highest BCUT2D eigenvalue weighted by molar-refractivity contribution is 7.71. The second-order valence-electron chi connectivity index (χ2n) is 6.59. The lowest BCUT2D eigenvalue weighted by molar-refractivity contribution is 0.310. The lowest BCUT2D eigenvalue weighted by atomic mass is 9.88. The number of methoxy groups -OCH3 is 1. The number of hydrogen-bond donors (Lipinski definition) is 3. The van der Waals surface area contributed by atoms with Gasteiger partial charge in [0.2, 0.25) is 0 Å². The fourth-order valence-corrected chi connectivity index (χ4v) is 3.71. The molecule has 0 aliphatic carbocycles. The molecule has 1 unspecified atom stereocenters. The minimum Gasteiger partial charge on any atom is -0.493 e. The highest BCUT2D eigenvalue weighted by Gasteiger charge is 2.27. The van der Waals surface area contributed by atoms with E-state index in [2.05, 4.69) is 15.3 Å². The van der Waals surface area contributed by atoms with Crippen molar-refractivity contribution in [3.05, 3.63) is 86.4 Å². The summed E-state index contributed by atoms with van der Waals surface area (Å²) in [4.78, 5) is 18.5. The second kappa shape index (κ2) is 7.97. The molecule has 1 aliphatic heterocycles. The fraction of sp³-hybridized carbons (Fsp3) is 0.182. The van der Waals surface area contributed by atoms with E-state index in [1.165, 1.54) is 0 Å². The Morgan fingerprint density at radius 3 is 2.59 bits per heavy atom. The summed E-state index contributed by atoms with van der Waals surface area (Å²) < 4.78 is 11.4. The van der Waals surface area contributed by atoms with Gasteiger partial charge in [0.05, 0.1) is 19.3 Å². The van der Waals surface area contributed by atoms with Crippen molar-refractivity contribution in [3.63, 3.8) is 0 Å². The van der Waals surface area contributed by atoms with Gasteiger partial charge in [-0.25, -0.2) is 0 Å². The summed E-state index contributed by atoms with van der Waals surface area (Å²) in [6, 6.07) is 15.7. The Morgan fingerprint density at radius 1 is 1.07 bits per heavy atom. The number of hydrogen-bond acceptors (Lipinski definition) is 5. The summed E-state index contributed by atoms with van der Waals surface area (Å²) >= 11 is 5.17. The molecule has 2 aromatic carbocycles. The van der Waals surface area contributed by atoms with Crippen LogP contribution in [-0.2, 0) is 0 Å². The number of anilines is 1. The van der Waals surface area contributed by atoms with Gasteiger partial charge in [0.15, 0.2) is 16.3 Å². The van der Waals surface area contributed by atoms with E-state index in [0.717, 1.165) is 16.8 Å². The highest BCUT2D eigenvalue weighted by atomic mass is 32.1. The zero-order chi connectivity index (χ0) is 20.4. The largest absolute Gasteiger partial charge is 0.493 e. The van der Waals surface area contributed by atoms with E-state index in [1.54, 1.807) is 7.11 Å². The van der Waals surface area contributed by atoms with Gasteiger partial charge in [0.1, 0.15) is 5.82 Å². The van der Waals surface area contributed by atoms with Crippen LogP contribution in [0.2, 0.25) is 0 Å². The van der Waals surface area contributed by atoms with E-state index in [9.17, 15) is 4.79 Å². The predicted octanol–water partition coefficient (Wildman–Crippen LogP) is 4.44. The summed E-state index contributed by atoms with van der Waals surface area (Å²) in [5, 5.41) is 3.32. The van der Waals surface area contributed by atoms with Crippen LogP contribution in [0.1, 0.15) is 29.5 Å². The predicted molar refractivity (Wildman–Crippen MR) is 116 cm³/mol. The minimum atomic E-state index is -0.290. The van der Waals surface area contributed by atoms with Crippen molar-refractivity contribution in [2.75, 3.05) is 19.0 Å². The van der Waals surface area contributed by atoms with Crippen molar-refractivity contribution in [1.29, 1.82) is 0 Å². The summed E-state index contributed by atoms with van der Waals surface area (Å²) in [7, 11) is 1.60. The summed E-state index contributed by atoms with van der Waals surface area (Å²) in [5.41, 5.74) is 3.17. The van der Waals surface area contributed by atoms with Gasteiger partial charge in [-0.05, 0) is 48.5 Å². The first-order valence-corrected chi connectivity index (χ1v) is 9.73. The number of fused-ring (bicyclic) bond motifs is 1. The monoisotopic (exact) mass is 407 g/mol. The molecule has 0 bridgehead atoms. The van der Waals surface area contributed by atoms with Crippen LogP contribution < -0.4 is 20.3 Å². The Balaban J connectivity index is 1.89. The molecule has 1 aliphatic rings. The minimum absolute atomic E-state index is 0.225. The van der Waals surface area contributed by atoms with Gasteiger partial charge in [0, 0.05) is 11.6 Å². The van der Waals surface area contributed by atoms with Gasteiger partial charge >= 0.3 is 0 Å². The van der Waals surface area contributed by atoms with Gasteiger partial charge in [-0.3, -0.25) is 9.78 Å². The number of rotatable bonds is 5. The van der Waals surface area contributed by atoms with Gasteiger partial charge in [-0.15, -0.1) is 0 Å². The second-order valence-corrected chi connectivity index (χ2v) is 7.00. The van der Waals surface area contributed by atoms with Crippen molar-refractivity contribution in [3.8, 4) is 11.5 Å². The third kappa shape index (κ3) is 3.69. The third-order valence-electron chi connectivity index (χ3n) is 4.81. The maximum atomic E-state index is 12.8. The molecule has 0 radical (unpaired) electrons. The molecule has 0 saturated carbocycles. The first-order valence-electron chi connectivity index (χ1n) is 9.32. The zero-order valence-electron chi connectivity index (χ0n) is 16.1. The lowest BCUT2D eigenvalue weighted by Crippen LogP contribution is -2.24. The van der Waals surface area contributed by atoms with Crippen LogP contribution in [0.15, 0.2) is 59.4 Å². The quantitative estimate of drug-likeness (QED) is 0.545. The molecule has 2 heterocycles. The molecule has 7 heteroatoms. The Morgan fingerprint density at radius 2 is 1.86 bits per heavy atom. The molecule has 3 aromatic rings. The number of H-pyrrole nitrogens is 2. The molecule has 0 saturated heterocycles. The van der Waals surface area contributed by atoms with Crippen LogP contribution in [0.25, 0.3) is 5.70 Å². The Labute approximate surface area is 173 Å². The highest BCUT2D eigenvalue weighted by Crippen LogP contribution is 2.39. The molecular weight excluding hydrogens is 386 g/mol. The van der Waals surface area contributed by atoms with Crippen LogP contribution in [0, 0.1) is 4.77 Å². The summed E-state index contributed by atoms with van der Waals surface area (Å²) in [6.07, 6.45) is 2.04. The van der Waals surface area contributed by atoms with E-state index < -0.39 is 0 Å². The standard InChI is InChI=1S/C22H21N3O3S/c1-3-28-17-10-9-14(11-18(17)27-2)15-12-16(13-7-5-4-6-8-13)23-20-19(15)21(26)25-22(29)24-20/h4-12,15H,3H2,1-2H3,(H3,23,24,25,26,29). The molecule has 6 nitrogen and oxygen atoms in total. The normalized spacial score (nSPS) is 15.1. The van der Waals surface area contributed by atoms with Crippen LogP contribution >= 0.6 is 12.2 Å². The third-order valence-corrected chi connectivity index (χ3v) is 5.02. The van der Waals surface area contributed by atoms with E-state index in [4.69, 9.17) is 21.7 Å². The van der Waals surface area contributed by atoms with Crippen molar-refractivity contribution in [2.24, 2.45) is 0 Å². The molecule has 0 spiro atoms. The molecule has 1 aromatic heterocycles. The Hall–Kier alpha value is -3.32. The van der Waals surface area contributed by atoms with Crippen molar-refractivity contribution >= 4 is 23.7 Å². The summed E-state index contributed by atoms with van der Waals surface area (Å²) in [6.45, 7) is 2.47. The van der Waals surface area contributed by atoms with Crippen LogP contribution in [0.3, 0.4) is 0 Å². The fourth-order valence-electron chi connectivity index (χ4n) is 3.52. The van der Waals surface area contributed by atoms with Gasteiger partial charge in [0.25, 0.3) is 5.56 Å². The number of allylic oxidation sites excluding steroid dienone is 1. The van der Waals surface area contributed by atoms with Crippen LogP contribution in [-0.4, -0.2) is 23.7 Å². The topological polar surface area (TPSA) is 79.1 Å². The zero-order valence-corrected chi connectivity index (χ0v) is 16.9. The number of aromatic nitrogens is 2. The van der Waals surface area contributed by atoms with E-state index in [-0.39, 0.29) is 16.2 Å². The molecular formula is C22H21N3O3S. The first-order chi connectivity index (χ1) is 14.1. The van der Waals surface area contributed by atoms with E-state index in [0.29, 0.717) is 29.5 Å². The number of aromatic amines is 2. The van der Waals surface area contributed by atoms with Gasteiger partial charge < -0.3 is 19.8 Å². The van der Waals surface area contributed by atoms with E-state index in [1.807, 2.05) is 61.5 Å². The maximum Gasteiger partial charge on any atom is 0.257 e. The van der Waals surface area contributed by atoms with Crippen molar-refractivity contribution in [1.82, 2.24) is 9.97 Å². The van der Waals surface area contributed by atoms with Crippen molar-refractivity contribution < 1.29 is 9.47 Å². The maximum absolute atomic E-state index is 12.8. The number of nitrogens with one attached hydrogen (secondary N) is 3. The van der Waals surface area contributed by atoms with Gasteiger partial charge in [-0.2, -0.15) is 0 Å². The smallest absolute Gasteiger partial charge is 0.257 e. The Bertz CT molecular complexity index is 1180. The Kier molecular flexibility index (Phi) is 5.22. The molecule has 1 atom stereocenters. The molecule has 4 rings (SSSR count). The van der Waals surface area contributed by atoms with Crippen molar-refractivity contribution in [2.45, 2.75) is 12.8 Å².